The molecule has 0 bridgehead atoms. The highest BCUT2D eigenvalue weighted by atomic mass is 32.1. The van der Waals surface area contributed by atoms with Crippen molar-refractivity contribution in [3.8, 4) is 0 Å². The molecule has 10 rings (SSSR count). The summed E-state index contributed by atoms with van der Waals surface area (Å²) < 4.78 is 11.7. The molecule has 4 heterocycles. The van der Waals surface area contributed by atoms with E-state index in [-0.39, 0.29) is 0 Å². The van der Waals surface area contributed by atoms with E-state index in [1.807, 2.05) is 22.7 Å². The molecule has 0 saturated heterocycles. The Balaban J connectivity index is 1.23. The molecule has 10 aromatic rings. The minimum atomic E-state index is 0.642. The van der Waals surface area contributed by atoms with Crippen molar-refractivity contribution < 1.29 is 4.42 Å². The lowest BCUT2D eigenvalue weighted by Gasteiger charge is -2.24. The average Bonchev–Trinajstić information content (AvgIpc) is 3.75. The van der Waals surface area contributed by atoms with E-state index in [0.717, 1.165) is 44.3 Å². The maximum absolute atomic E-state index is 6.52. The number of rotatable bonds is 3. The lowest BCUT2D eigenvalue weighted by atomic mass is 10.1. The van der Waals surface area contributed by atoms with E-state index >= 15 is 0 Å². The number of furan rings is 1. The molecule has 0 unspecified atom stereocenters. The number of aromatic nitrogens is 1. The molecule has 0 N–H and O–H groups in total. The minimum absolute atomic E-state index is 0.642. The second kappa shape index (κ2) is 9.13. The molecule has 0 spiro atoms. The largest absolute Gasteiger partial charge is 0.437 e. The number of pyridine rings is 1. The highest BCUT2D eigenvalue weighted by Gasteiger charge is 2.20. The Morgan fingerprint density at radius 1 is 0.455 bits per heavy atom. The van der Waals surface area contributed by atoms with Crippen molar-refractivity contribution in [1.29, 1.82) is 0 Å². The van der Waals surface area contributed by atoms with Crippen molar-refractivity contribution in [2.75, 3.05) is 4.90 Å². The molecule has 0 saturated carbocycles. The molecule has 0 radical (unpaired) electrons. The van der Waals surface area contributed by atoms with Gasteiger partial charge in [-0.2, -0.15) is 4.98 Å². The predicted molar refractivity (Wildman–Crippen MR) is 189 cm³/mol. The van der Waals surface area contributed by atoms with Crippen molar-refractivity contribution in [2.24, 2.45) is 0 Å². The van der Waals surface area contributed by atoms with Crippen LogP contribution in [-0.4, -0.2) is 4.98 Å². The highest BCUT2D eigenvalue weighted by molar-refractivity contribution is 7.26. The third-order valence-electron chi connectivity index (χ3n) is 8.68. The van der Waals surface area contributed by atoms with Gasteiger partial charge in [0, 0.05) is 67.9 Å². The van der Waals surface area contributed by atoms with E-state index in [4.69, 9.17) is 9.40 Å². The van der Waals surface area contributed by atoms with Gasteiger partial charge in [-0.1, -0.05) is 66.7 Å². The molecule has 44 heavy (non-hydrogen) atoms. The third-order valence-corrected chi connectivity index (χ3v) is 11.0. The van der Waals surface area contributed by atoms with E-state index in [1.54, 1.807) is 0 Å². The first-order valence-corrected chi connectivity index (χ1v) is 16.3. The topological polar surface area (TPSA) is 29.3 Å². The van der Waals surface area contributed by atoms with E-state index in [0.29, 0.717) is 5.71 Å². The van der Waals surface area contributed by atoms with Crippen LogP contribution in [-0.2, 0) is 0 Å². The maximum atomic E-state index is 6.52. The predicted octanol–water partition coefficient (Wildman–Crippen LogP) is 12.3. The molecule has 0 aliphatic heterocycles. The van der Waals surface area contributed by atoms with Crippen LogP contribution in [0.25, 0.3) is 73.2 Å². The van der Waals surface area contributed by atoms with Crippen LogP contribution in [0.15, 0.2) is 138 Å². The fourth-order valence-corrected chi connectivity index (χ4v) is 8.79. The van der Waals surface area contributed by atoms with Crippen LogP contribution < -0.4 is 4.90 Å². The summed E-state index contributed by atoms with van der Waals surface area (Å²) in [5, 5.41) is 9.44. The van der Waals surface area contributed by atoms with Gasteiger partial charge in [-0.05, 0) is 72.1 Å². The third kappa shape index (κ3) is 3.51. The van der Waals surface area contributed by atoms with E-state index in [1.165, 1.54) is 40.3 Å². The summed E-state index contributed by atoms with van der Waals surface area (Å²) in [5.41, 5.74) is 3.65. The number of fused-ring (bicyclic) bond motifs is 11. The molecule has 5 heteroatoms. The van der Waals surface area contributed by atoms with Crippen molar-refractivity contribution in [3.63, 3.8) is 0 Å². The number of anilines is 3. The van der Waals surface area contributed by atoms with Gasteiger partial charge >= 0.3 is 0 Å². The number of thiophene rings is 2. The molecule has 3 nitrogen and oxygen atoms in total. The quantitative estimate of drug-likeness (QED) is 0.203. The minimum Gasteiger partial charge on any atom is -0.437 e. The fourth-order valence-electron chi connectivity index (χ4n) is 6.62. The summed E-state index contributed by atoms with van der Waals surface area (Å²) in [4.78, 5) is 7.46. The molecular weight excluding hydrogens is 577 g/mol. The molecule has 0 amide bonds. The van der Waals surface area contributed by atoms with Gasteiger partial charge < -0.3 is 4.42 Å². The maximum Gasteiger partial charge on any atom is 0.229 e. The zero-order valence-corrected chi connectivity index (χ0v) is 25.0. The van der Waals surface area contributed by atoms with Crippen LogP contribution in [0.5, 0.6) is 0 Å². The number of nitrogens with zero attached hydrogens (tertiary/aromatic N) is 2. The molecule has 0 aliphatic rings. The standard InChI is InChI=1S/C39H22N2OS2/c1-2-8-26-23(7-1)13-16-29-30-17-20-37(40-39(30)42-38(26)29)41(24-14-18-35-31(21-24)27-9-3-5-11-33(27)43-35)25-15-19-36-32(22-25)28-10-4-6-12-34(28)44-36/h1-22H. The lowest BCUT2D eigenvalue weighted by molar-refractivity contribution is 0.658. The Kier molecular flexibility index (Phi) is 5.03. The smallest absolute Gasteiger partial charge is 0.229 e. The molecule has 6 aromatic carbocycles. The van der Waals surface area contributed by atoms with Gasteiger partial charge in [0.1, 0.15) is 11.4 Å². The zero-order valence-electron chi connectivity index (χ0n) is 23.3. The Bertz CT molecular complexity index is 2640. The van der Waals surface area contributed by atoms with E-state index in [9.17, 15) is 0 Å². The Labute approximate surface area is 259 Å². The molecule has 206 valence electrons. The summed E-state index contributed by atoms with van der Waals surface area (Å²) in [7, 11) is 0. The number of hydrogen-bond acceptors (Lipinski definition) is 5. The second-order valence-corrected chi connectivity index (χ2v) is 13.3. The van der Waals surface area contributed by atoms with Crippen LogP contribution in [0.3, 0.4) is 0 Å². The van der Waals surface area contributed by atoms with Gasteiger partial charge in [0.2, 0.25) is 5.71 Å². The van der Waals surface area contributed by atoms with Gasteiger partial charge in [0.25, 0.3) is 0 Å². The zero-order chi connectivity index (χ0) is 28.8. The Hall–Kier alpha value is -5.23. The summed E-state index contributed by atoms with van der Waals surface area (Å²) in [6, 6.07) is 47.8. The van der Waals surface area contributed by atoms with Crippen molar-refractivity contribution >= 4 is 113 Å². The lowest BCUT2D eigenvalue weighted by Crippen LogP contribution is -2.11. The van der Waals surface area contributed by atoms with Gasteiger partial charge in [-0.15, -0.1) is 22.7 Å². The van der Waals surface area contributed by atoms with Crippen molar-refractivity contribution in [2.45, 2.75) is 0 Å². The summed E-state index contributed by atoms with van der Waals surface area (Å²) in [5.74, 6) is 0.818. The van der Waals surface area contributed by atoms with Crippen LogP contribution in [0.4, 0.5) is 17.2 Å². The van der Waals surface area contributed by atoms with Crippen molar-refractivity contribution in [1.82, 2.24) is 4.98 Å². The summed E-state index contributed by atoms with van der Waals surface area (Å²) in [6.45, 7) is 0. The van der Waals surface area contributed by atoms with Crippen molar-refractivity contribution in [3.05, 3.63) is 133 Å². The SMILES string of the molecule is c1ccc2c(c1)ccc1c3ccc(N(c4ccc5sc6ccccc6c5c4)c4ccc5sc6ccccc6c5c4)nc3oc21. The number of hydrogen-bond donors (Lipinski definition) is 0. The summed E-state index contributed by atoms with van der Waals surface area (Å²) in [6.07, 6.45) is 0. The molecule has 0 atom stereocenters. The number of benzene rings is 6. The first-order valence-electron chi connectivity index (χ1n) is 14.6. The Morgan fingerprint density at radius 3 is 1.70 bits per heavy atom. The van der Waals surface area contributed by atoms with Gasteiger partial charge in [0.05, 0.1) is 0 Å². The molecule has 0 fully saturated rings. The van der Waals surface area contributed by atoms with Gasteiger partial charge in [-0.25, -0.2) is 0 Å². The van der Waals surface area contributed by atoms with E-state index in [2.05, 4.69) is 138 Å². The molecule has 4 aromatic heterocycles. The first kappa shape index (κ1) is 24.2. The normalized spacial score (nSPS) is 12.1. The van der Waals surface area contributed by atoms with Gasteiger partial charge in [0.15, 0.2) is 0 Å². The highest BCUT2D eigenvalue weighted by Crippen LogP contribution is 2.43. The second-order valence-electron chi connectivity index (χ2n) is 11.2. The Morgan fingerprint density at radius 2 is 1.02 bits per heavy atom. The van der Waals surface area contributed by atoms with Crippen LogP contribution >= 0.6 is 22.7 Å². The average molecular weight is 599 g/mol. The van der Waals surface area contributed by atoms with Crippen LogP contribution in [0, 0.1) is 0 Å². The molecule has 0 aliphatic carbocycles. The first-order chi connectivity index (χ1) is 21.8. The van der Waals surface area contributed by atoms with Gasteiger partial charge in [-0.3, -0.25) is 4.90 Å². The monoisotopic (exact) mass is 598 g/mol. The summed E-state index contributed by atoms with van der Waals surface area (Å²) >= 11 is 3.67. The molecular formula is C39H22N2OS2. The fraction of sp³-hybridized carbons (Fsp3) is 0. The van der Waals surface area contributed by atoms with Crippen LogP contribution in [0.2, 0.25) is 0 Å². The van der Waals surface area contributed by atoms with E-state index < -0.39 is 0 Å². The van der Waals surface area contributed by atoms with Crippen LogP contribution in [0.1, 0.15) is 0 Å².